The third-order valence-corrected chi connectivity index (χ3v) is 4.95. The molecule has 0 aliphatic carbocycles. The summed E-state index contributed by atoms with van der Waals surface area (Å²) in [5.41, 5.74) is 0.364. The molecule has 3 rings (SSSR count). The van der Waals surface area contributed by atoms with Gasteiger partial charge in [0.2, 0.25) is 21.8 Å². The largest absolute Gasteiger partial charge is 0.483 e. The minimum Gasteiger partial charge on any atom is -0.483 e. The molecule has 2 aliphatic rings. The normalized spacial score (nSPS) is 22.2. The van der Waals surface area contributed by atoms with Crippen LogP contribution < -0.4 is 14.8 Å². The van der Waals surface area contributed by atoms with E-state index in [1.54, 1.807) is 18.2 Å². The van der Waals surface area contributed by atoms with Gasteiger partial charge >= 0.3 is 0 Å². The van der Waals surface area contributed by atoms with Crippen molar-refractivity contribution in [1.29, 1.82) is 0 Å². The molecule has 0 saturated carbocycles. The SMILES string of the molecule is CC1(C)Oc2ccc(NS(C)(=O)=O)cc2NC1CN1C(=O)CCC1=O. The molecule has 25 heavy (non-hydrogen) atoms. The van der Waals surface area contributed by atoms with E-state index in [2.05, 4.69) is 10.0 Å². The highest BCUT2D eigenvalue weighted by Gasteiger charge is 2.41. The molecule has 0 bridgehead atoms. The molecule has 1 atom stereocenters. The van der Waals surface area contributed by atoms with E-state index in [1.165, 1.54) is 4.90 Å². The number of imide groups is 1. The zero-order chi connectivity index (χ0) is 18.4. The topological polar surface area (TPSA) is 105 Å². The van der Waals surface area contributed by atoms with Gasteiger partial charge in [-0.3, -0.25) is 19.2 Å². The fourth-order valence-corrected chi connectivity index (χ4v) is 3.56. The molecule has 1 aromatic rings. The zero-order valence-electron chi connectivity index (χ0n) is 14.3. The number of anilines is 2. The summed E-state index contributed by atoms with van der Waals surface area (Å²) in [7, 11) is -3.39. The summed E-state index contributed by atoms with van der Waals surface area (Å²) >= 11 is 0. The Kier molecular flexibility index (Phi) is 4.14. The first-order chi connectivity index (χ1) is 11.5. The van der Waals surface area contributed by atoms with Crippen molar-refractivity contribution >= 4 is 33.2 Å². The maximum atomic E-state index is 11.9. The molecule has 0 aromatic heterocycles. The minimum absolute atomic E-state index is 0.180. The molecule has 0 spiro atoms. The Morgan fingerprint density at radius 1 is 1.28 bits per heavy atom. The molecular weight excluding hydrogens is 346 g/mol. The van der Waals surface area contributed by atoms with Gasteiger partial charge in [-0.1, -0.05) is 0 Å². The number of nitrogens with one attached hydrogen (secondary N) is 2. The van der Waals surface area contributed by atoms with Crippen LogP contribution in [0, 0.1) is 0 Å². The molecule has 2 amide bonds. The van der Waals surface area contributed by atoms with E-state index >= 15 is 0 Å². The van der Waals surface area contributed by atoms with Gasteiger partial charge in [-0.25, -0.2) is 8.42 Å². The Balaban J connectivity index is 1.85. The van der Waals surface area contributed by atoms with Crippen LogP contribution in [0.1, 0.15) is 26.7 Å². The van der Waals surface area contributed by atoms with Gasteiger partial charge in [-0.2, -0.15) is 0 Å². The number of hydrogen-bond donors (Lipinski definition) is 2. The zero-order valence-corrected chi connectivity index (χ0v) is 15.1. The number of rotatable bonds is 4. The number of carbonyl (C=O) groups is 2. The van der Waals surface area contributed by atoms with Gasteiger partial charge in [0.05, 0.1) is 30.2 Å². The number of fused-ring (bicyclic) bond motifs is 1. The second-order valence-corrected chi connectivity index (χ2v) is 8.63. The first kappa shape index (κ1) is 17.5. The van der Waals surface area contributed by atoms with E-state index < -0.39 is 15.6 Å². The summed E-state index contributed by atoms with van der Waals surface area (Å²) in [5, 5.41) is 3.28. The number of likely N-dealkylation sites (tertiary alicyclic amines) is 1. The molecule has 2 heterocycles. The standard InChI is InChI=1S/C16H21N3O5S/c1-16(2)13(9-19-14(20)6-7-15(19)21)17-11-8-10(18-25(3,22)23)4-5-12(11)24-16/h4-5,8,13,17-18H,6-7,9H2,1-3H3. The molecule has 2 N–H and O–H groups in total. The smallest absolute Gasteiger partial charge is 0.229 e. The fraction of sp³-hybridized carbons (Fsp3) is 0.500. The van der Waals surface area contributed by atoms with Crippen molar-refractivity contribution in [3.8, 4) is 5.75 Å². The summed E-state index contributed by atoms with van der Waals surface area (Å²) in [4.78, 5) is 25.0. The van der Waals surface area contributed by atoms with E-state index in [-0.39, 0.29) is 37.2 Å². The Hall–Kier alpha value is -2.29. The second kappa shape index (κ2) is 5.91. The molecular formula is C16H21N3O5S. The van der Waals surface area contributed by atoms with E-state index in [9.17, 15) is 18.0 Å². The van der Waals surface area contributed by atoms with Gasteiger partial charge in [0, 0.05) is 12.8 Å². The maximum Gasteiger partial charge on any atom is 0.229 e. The van der Waals surface area contributed by atoms with Gasteiger partial charge < -0.3 is 10.1 Å². The van der Waals surface area contributed by atoms with Gasteiger partial charge in [-0.15, -0.1) is 0 Å². The van der Waals surface area contributed by atoms with E-state index in [1.807, 2.05) is 13.8 Å². The van der Waals surface area contributed by atoms with Gasteiger partial charge in [-0.05, 0) is 32.0 Å². The summed E-state index contributed by atoms with van der Waals surface area (Å²) in [6.07, 6.45) is 1.56. The van der Waals surface area contributed by atoms with Crippen LogP contribution in [0.2, 0.25) is 0 Å². The fourth-order valence-electron chi connectivity index (χ4n) is 3.00. The molecule has 2 aliphatic heterocycles. The highest BCUT2D eigenvalue weighted by Crippen LogP contribution is 2.38. The molecule has 136 valence electrons. The highest BCUT2D eigenvalue weighted by atomic mass is 32.2. The van der Waals surface area contributed by atoms with Crippen LogP contribution in [0.3, 0.4) is 0 Å². The number of carbonyl (C=O) groups excluding carboxylic acids is 2. The lowest BCUT2D eigenvalue weighted by atomic mass is 9.95. The molecule has 0 radical (unpaired) electrons. The van der Waals surface area contributed by atoms with Crippen LogP contribution in [0.4, 0.5) is 11.4 Å². The van der Waals surface area contributed by atoms with Crippen LogP contribution >= 0.6 is 0 Å². The Labute approximate surface area is 146 Å². The lowest BCUT2D eigenvalue weighted by molar-refractivity contribution is -0.139. The molecule has 8 nitrogen and oxygen atoms in total. The van der Waals surface area contributed by atoms with Gasteiger partial charge in [0.25, 0.3) is 0 Å². The van der Waals surface area contributed by atoms with Crippen molar-refractivity contribution in [3.05, 3.63) is 18.2 Å². The monoisotopic (exact) mass is 367 g/mol. The van der Waals surface area contributed by atoms with Crippen molar-refractivity contribution in [3.63, 3.8) is 0 Å². The summed E-state index contributed by atoms with van der Waals surface area (Å²) in [6, 6.07) is 4.61. The van der Waals surface area contributed by atoms with Gasteiger partial charge in [0.15, 0.2) is 0 Å². The number of amides is 2. The molecule has 1 unspecified atom stereocenters. The number of hydrogen-bond acceptors (Lipinski definition) is 6. The van der Waals surface area contributed by atoms with Crippen molar-refractivity contribution in [1.82, 2.24) is 4.90 Å². The number of sulfonamides is 1. The molecule has 9 heteroatoms. The maximum absolute atomic E-state index is 11.9. The lowest BCUT2D eigenvalue weighted by Crippen LogP contribution is -2.55. The lowest BCUT2D eigenvalue weighted by Gasteiger charge is -2.42. The van der Waals surface area contributed by atoms with E-state index in [0.29, 0.717) is 17.1 Å². The molecule has 1 aromatic carbocycles. The van der Waals surface area contributed by atoms with Crippen molar-refractivity contribution in [2.45, 2.75) is 38.3 Å². The first-order valence-corrected chi connectivity index (χ1v) is 9.85. The average Bonchev–Trinajstić information content (AvgIpc) is 2.78. The third-order valence-electron chi connectivity index (χ3n) is 4.34. The van der Waals surface area contributed by atoms with E-state index in [0.717, 1.165) is 6.26 Å². The van der Waals surface area contributed by atoms with Crippen LogP contribution in [0.15, 0.2) is 18.2 Å². The quantitative estimate of drug-likeness (QED) is 0.774. The Bertz CT molecular complexity index is 818. The second-order valence-electron chi connectivity index (χ2n) is 6.89. The summed E-state index contributed by atoms with van der Waals surface area (Å²) in [5.74, 6) is 0.223. The van der Waals surface area contributed by atoms with Crippen LogP contribution in [0.5, 0.6) is 5.75 Å². The first-order valence-electron chi connectivity index (χ1n) is 7.96. The molecule has 1 saturated heterocycles. The third kappa shape index (κ3) is 3.71. The van der Waals surface area contributed by atoms with Crippen molar-refractivity contribution in [2.24, 2.45) is 0 Å². The van der Waals surface area contributed by atoms with Crippen molar-refractivity contribution < 1.29 is 22.7 Å². The molecule has 1 fully saturated rings. The van der Waals surface area contributed by atoms with Crippen molar-refractivity contribution in [2.75, 3.05) is 22.8 Å². The highest BCUT2D eigenvalue weighted by molar-refractivity contribution is 7.92. The number of nitrogens with zero attached hydrogens (tertiary/aromatic N) is 1. The predicted molar refractivity (Wildman–Crippen MR) is 93.0 cm³/mol. The Morgan fingerprint density at radius 3 is 2.52 bits per heavy atom. The van der Waals surface area contributed by atoms with E-state index in [4.69, 9.17) is 4.74 Å². The predicted octanol–water partition coefficient (Wildman–Crippen LogP) is 1.16. The Morgan fingerprint density at radius 2 is 1.92 bits per heavy atom. The van der Waals surface area contributed by atoms with Crippen LogP contribution in [-0.4, -0.2) is 49.6 Å². The van der Waals surface area contributed by atoms with Crippen LogP contribution in [-0.2, 0) is 19.6 Å². The van der Waals surface area contributed by atoms with Crippen LogP contribution in [0.25, 0.3) is 0 Å². The number of ether oxygens (including phenoxy) is 1. The summed E-state index contributed by atoms with van der Waals surface area (Å²) < 4.78 is 31.2. The summed E-state index contributed by atoms with van der Waals surface area (Å²) in [6.45, 7) is 3.95. The van der Waals surface area contributed by atoms with Gasteiger partial charge in [0.1, 0.15) is 11.4 Å². The number of benzene rings is 1. The minimum atomic E-state index is -3.39. The average molecular weight is 367 g/mol.